The first kappa shape index (κ1) is 16.3. The lowest BCUT2D eigenvalue weighted by Gasteiger charge is -2.38. The van der Waals surface area contributed by atoms with Gasteiger partial charge in [0.25, 0.3) is 5.91 Å². The average molecular weight is 338 g/mol. The van der Waals surface area contributed by atoms with E-state index in [1.165, 1.54) is 5.56 Å². The third kappa shape index (κ3) is 2.96. The molecule has 25 heavy (non-hydrogen) atoms. The molecule has 0 spiro atoms. The number of benzene rings is 1. The molecule has 2 aliphatic rings. The van der Waals surface area contributed by atoms with Gasteiger partial charge in [0.2, 0.25) is 0 Å². The van der Waals surface area contributed by atoms with Gasteiger partial charge in [-0.25, -0.2) is 0 Å². The predicted molar refractivity (Wildman–Crippen MR) is 96.4 cm³/mol. The van der Waals surface area contributed by atoms with Gasteiger partial charge in [-0.2, -0.15) is 15.0 Å². The summed E-state index contributed by atoms with van der Waals surface area (Å²) >= 11 is 0. The number of fused-ring (bicyclic) bond motifs is 2. The van der Waals surface area contributed by atoms with E-state index in [9.17, 15) is 4.79 Å². The Labute approximate surface area is 149 Å². The van der Waals surface area contributed by atoms with Crippen molar-refractivity contribution in [1.82, 2.24) is 19.9 Å². The number of carbonyl (C=O) groups is 1. The Bertz CT molecular complexity index is 731. The second-order valence-corrected chi connectivity index (χ2v) is 8.40. The summed E-state index contributed by atoms with van der Waals surface area (Å²) in [5.74, 6) is 0.180. The zero-order valence-electron chi connectivity index (χ0n) is 15.2. The highest BCUT2D eigenvalue weighted by atomic mass is 16.2. The molecule has 1 amide bonds. The normalized spacial score (nSPS) is 26.0. The van der Waals surface area contributed by atoms with Crippen LogP contribution >= 0.6 is 0 Å². The van der Waals surface area contributed by atoms with E-state index in [4.69, 9.17) is 0 Å². The zero-order chi connectivity index (χ0) is 17.6. The number of aromatic nitrogens is 3. The number of hydrogen-bond acceptors (Lipinski definition) is 3. The Morgan fingerprint density at radius 1 is 0.960 bits per heavy atom. The Morgan fingerprint density at radius 2 is 1.52 bits per heavy atom. The van der Waals surface area contributed by atoms with Gasteiger partial charge in [-0.3, -0.25) is 4.79 Å². The molecule has 2 fully saturated rings. The van der Waals surface area contributed by atoms with E-state index >= 15 is 0 Å². The molecule has 0 aliphatic carbocycles. The standard InChI is InChI=1S/C20H26N4O/c1-20(2,3)15-6-4-14(5-7-15)19(25)23-16-8-9-17(23)13-18(12-16)24-21-10-11-22-24/h4-7,10-11,16-18H,8-9,12-13H2,1-3H3/t16-,17-/m0/s1. The maximum Gasteiger partial charge on any atom is 0.254 e. The second kappa shape index (κ2) is 5.97. The van der Waals surface area contributed by atoms with Crippen LogP contribution in [0.25, 0.3) is 0 Å². The summed E-state index contributed by atoms with van der Waals surface area (Å²) < 4.78 is 0. The summed E-state index contributed by atoms with van der Waals surface area (Å²) in [6.07, 6.45) is 7.56. The number of amides is 1. The topological polar surface area (TPSA) is 51.0 Å². The van der Waals surface area contributed by atoms with Crippen LogP contribution < -0.4 is 0 Å². The molecular formula is C20H26N4O. The minimum Gasteiger partial charge on any atom is -0.333 e. The van der Waals surface area contributed by atoms with E-state index in [0.29, 0.717) is 18.1 Å². The first-order valence-electron chi connectivity index (χ1n) is 9.22. The molecule has 2 atom stereocenters. The SMILES string of the molecule is CC(C)(C)c1ccc(C(=O)N2[C@H]3CC[C@H]2CC(n2nccn2)C3)cc1. The van der Waals surface area contributed by atoms with Crippen molar-refractivity contribution in [3.8, 4) is 0 Å². The minimum atomic E-state index is 0.107. The number of carbonyl (C=O) groups excluding carboxylic acids is 1. The first-order valence-corrected chi connectivity index (χ1v) is 9.22. The Kier molecular flexibility index (Phi) is 3.89. The van der Waals surface area contributed by atoms with Crippen LogP contribution in [-0.2, 0) is 5.41 Å². The lowest BCUT2D eigenvalue weighted by Crippen LogP contribution is -2.47. The van der Waals surface area contributed by atoms with Crippen molar-refractivity contribution in [3.63, 3.8) is 0 Å². The Hall–Kier alpha value is -2.17. The van der Waals surface area contributed by atoms with Gasteiger partial charge in [0, 0.05) is 17.6 Å². The van der Waals surface area contributed by atoms with Gasteiger partial charge < -0.3 is 4.90 Å². The van der Waals surface area contributed by atoms with Crippen molar-refractivity contribution in [2.45, 2.75) is 70.0 Å². The van der Waals surface area contributed by atoms with E-state index in [1.54, 1.807) is 12.4 Å². The third-order valence-corrected chi connectivity index (χ3v) is 5.70. The number of piperidine rings is 1. The highest BCUT2D eigenvalue weighted by Crippen LogP contribution is 2.41. The fourth-order valence-corrected chi connectivity index (χ4v) is 4.34. The van der Waals surface area contributed by atoms with E-state index < -0.39 is 0 Å². The fourth-order valence-electron chi connectivity index (χ4n) is 4.34. The molecule has 1 aromatic carbocycles. The van der Waals surface area contributed by atoms with Crippen molar-refractivity contribution in [3.05, 3.63) is 47.8 Å². The van der Waals surface area contributed by atoms with Crippen LogP contribution in [0.4, 0.5) is 0 Å². The second-order valence-electron chi connectivity index (χ2n) is 8.40. The molecule has 0 N–H and O–H groups in total. The van der Waals surface area contributed by atoms with E-state index in [2.05, 4.69) is 48.0 Å². The van der Waals surface area contributed by atoms with E-state index in [1.807, 2.05) is 16.9 Å². The summed E-state index contributed by atoms with van der Waals surface area (Å²) in [5, 5.41) is 8.60. The third-order valence-electron chi connectivity index (χ3n) is 5.70. The smallest absolute Gasteiger partial charge is 0.254 e. The Morgan fingerprint density at radius 3 is 2.04 bits per heavy atom. The molecule has 2 aromatic rings. The minimum absolute atomic E-state index is 0.107. The summed E-state index contributed by atoms with van der Waals surface area (Å²) in [4.78, 5) is 17.1. The van der Waals surface area contributed by atoms with Gasteiger partial charge >= 0.3 is 0 Å². The quantitative estimate of drug-likeness (QED) is 0.841. The predicted octanol–water partition coefficient (Wildman–Crippen LogP) is 3.58. The number of hydrogen-bond donors (Lipinski definition) is 0. The Balaban J connectivity index is 1.52. The van der Waals surface area contributed by atoms with Crippen molar-refractivity contribution in [2.24, 2.45) is 0 Å². The zero-order valence-corrected chi connectivity index (χ0v) is 15.2. The van der Waals surface area contributed by atoms with Crippen LogP contribution in [0.1, 0.15) is 68.4 Å². The van der Waals surface area contributed by atoms with Gasteiger partial charge in [-0.15, -0.1) is 0 Å². The molecular weight excluding hydrogens is 312 g/mol. The van der Waals surface area contributed by atoms with Crippen molar-refractivity contribution >= 4 is 5.91 Å². The molecule has 4 rings (SSSR count). The lowest BCUT2D eigenvalue weighted by atomic mass is 9.86. The van der Waals surface area contributed by atoms with Crippen LogP contribution in [0, 0.1) is 0 Å². The molecule has 0 saturated carbocycles. The highest BCUT2D eigenvalue weighted by molar-refractivity contribution is 5.95. The monoisotopic (exact) mass is 338 g/mol. The summed E-state index contributed by atoms with van der Waals surface area (Å²) in [7, 11) is 0. The fraction of sp³-hybridized carbons (Fsp3) is 0.550. The highest BCUT2D eigenvalue weighted by Gasteiger charge is 2.44. The van der Waals surface area contributed by atoms with Gasteiger partial charge in [0.1, 0.15) is 0 Å². The molecule has 0 unspecified atom stereocenters. The maximum absolute atomic E-state index is 13.1. The van der Waals surface area contributed by atoms with Gasteiger partial charge in [0.15, 0.2) is 0 Å². The number of nitrogens with zero attached hydrogens (tertiary/aromatic N) is 4. The number of rotatable bonds is 2. The summed E-state index contributed by atoms with van der Waals surface area (Å²) in [6.45, 7) is 6.58. The summed E-state index contributed by atoms with van der Waals surface area (Å²) in [5.41, 5.74) is 2.17. The molecule has 1 aromatic heterocycles. The summed E-state index contributed by atoms with van der Waals surface area (Å²) in [6, 6.07) is 9.10. The molecule has 132 valence electrons. The van der Waals surface area contributed by atoms with Crippen LogP contribution in [0.3, 0.4) is 0 Å². The van der Waals surface area contributed by atoms with Crippen LogP contribution in [-0.4, -0.2) is 37.9 Å². The molecule has 2 bridgehead atoms. The largest absolute Gasteiger partial charge is 0.333 e. The first-order chi connectivity index (χ1) is 11.9. The van der Waals surface area contributed by atoms with Crippen molar-refractivity contribution < 1.29 is 4.79 Å². The molecule has 3 heterocycles. The van der Waals surface area contributed by atoms with E-state index in [0.717, 1.165) is 31.2 Å². The van der Waals surface area contributed by atoms with Crippen molar-refractivity contribution in [2.75, 3.05) is 0 Å². The van der Waals surface area contributed by atoms with Crippen LogP contribution in [0.15, 0.2) is 36.7 Å². The average Bonchev–Trinajstić information content (AvgIpc) is 3.20. The van der Waals surface area contributed by atoms with Gasteiger partial charge in [-0.1, -0.05) is 32.9 Å². The van der Waals surface area contributed by atoms with Gasteiger partial charge in [0.05, 0.1) is 18.4 Å². The molecule has 5 heteroatoms. The molecule has 2 saturated heterocycles. The van der Waals surface area contributed by atoms with Crippen LogP contribution in [0.2, 0.25) is 0 Å². The molecule has 2 aliphatic heterocycles. The lowest BCUT2D eigenvalue weighted by molar-refractivity contribution is 0.0512. The maximum atomic E-state index is 13.1. The molecule has 5 nitrogen and oxygen atoms in total. The van der Waals surface area contributed by atoms with Crippen LogP contribution in [0.5, 0.6) is 0 Å². The van der Waals surface area contributed by atoms with Crippen molar-refractivity contribution in [1.29, 1.82) is 0 Å². The molecule has 0 radical (unpaired) electrons. The van der Waals surface area contributed by atoms with Gasteiger partial charge in [-0.05, 0) is 48.8 Å². The van der Waals surface area contributed by atoms with E-state index in [-0.39, 0.29) is 11.3 Å².